The standard InChI is InChI=1S/C21H29N3O5S/c1-14-20(25)23-18-12-17(9-10-19(18)29-14)30(27,28)24-11-5-6-15(13-24)21(26)22-16-7-3-2-4-8-16/h9-10,12,14-16H,2-8,11,13H2,1H3,(H,22,26)(H,23,25)/t14-,15-/m1/s1. The highest BCUT2D eigenvalue weighted by molar-refractivity contribution is 7.89. The van der Waals surface area contributed by atoms with E-state index >= 15 is 0 Å². The highest BCUT2D eigenvalue weighted by Gasteiger charge is 2.35. The molecule has 1 aromatic rings. The third-order valence-corrected chi connectivity index (χ3v) is 8.09. The lowest BCUT2D eigenvalue weighted by Gasteiger charge is -2.33. The topological polar surface area (TPSA) is 105 Å². The maximum atomic E-state index is 13.2. The minimum Gasteiger partial charge on any atom is -0.479 e. The first kappa shape index (κ1) is 21.1. The fourth-order valence-corrected chi connectivity index (χ4v) is 5.99. The van der Waals surface area contributed by atoms with Crippen molar-refractivity contribution in [3.63, 3.8) is 0 Å². The largest absolute Gasteiger partial charge is 0.479 e. The zero-order valence-electron chi connectivity index (χ0n) is 17.2. The first-order valence-electron chi connectivity index (χ1n) is 10.8. The Balaban J connectivity index is 1.46. The molecule has 0 bridgehead atoms. The SMILES string of the molecule is C[C@H]1Oc2ccc(S(=O)(=O)N3CCC[C@@H](C(=O)NC4CCCCC4)C3)cc2NC1=O. The van der Waals surface area contributed by atoms with Crippen LogP contribution in [-0.2, 0) is 19.6 Å². The van der Waals surface area contributed by atoms with Gasteiger partial charge in [-0.05, 0) is 50.8 Å². The van der Waals surface area contributed by atoms with Crippen molar-refractivity contribution in [2.24, 2.45) is 5.92 Å². The maximum Gasteiger partial charge on any atom is 0.265 e. The molecule has 2 amide bonds. The molecule has 2 fully saturated rings. The Morgan fingerprint density at radius 2 is 1.93 bits per heavy atom. The average Bonchev–Trinajstić information content (AvgIpc) is 2.75. The van der Waals surface area contributed by atoms with Gasteiger partial charge in [0.05, 0.1) is 16.5 Å². The van der Waals surface area contributed by atoms with Crippen LogP contribution in [0.25, 0.3) is 0 Å². The molecule has 1 saturated carbocycles. The number of hydrogen-bond donors (Lipinski definition) is 2. The van der Waals surface area contributed by atoms with Crippen molar-refractivity contribution in [2.75, 3.05) is 18.4 Å². The molecule has 2 atom stereocenters. The smallest absolute Gasteiger partial charge is 0.265 e. The highest BCUT2D eigenvalue weighted by Crippen LogP contribution is 2.33. The number of amides is 2. The van der Waals surface area contributed by atoms with Gasteiger partial charge in [0.2, 0.25) is 15.9 Å². The van der Waals surface area contributed by atoms with Gasteiger partial charge >= 0.3 is 0 Å². The van der Waals surface area contributed by atoms with Gasteiger partial charge in [-0.2, -0.15) is 4.31 Å². The third kappa shape index (κ3) is 4.32. The molecule has 8 nitrogen and oxygen atoms in total. The number of benzene rings is 1. The van der Waals surface area contributed by atoms with Crippen molar-refractivity contribution < 1.29 is 22.7 Å². The van der Waals surface area contributed by atoms with Crippen LogP contribution in [-0.4, -0.2) is 49.8 Å². The molecular formula is C21H29N3O5S. The lowest BCUT2D eigenvalue weighted by Crippen LogP contribution is -2.47. The second-order valence-electron chi connectivity index (χ2n) is 8.45. The number of fused-ring (bicyclic) bond motifs is 1. The zero-order valence-corrected chi connectivity index (χ0v) is 18.0. The molecule has 30 heavy (non-hydrogen) atoms. The fourth-order valence-electron chi connectivity index (χ4n) is 4.44. The van der Waals surface area contributed by atoms with Crippen LogP contribution in [0.5, 0.6) is 5.75 Å². The summed E-state index contributed by atoms with van der Waals surface area (Å²) in [5.74, 6) is -0.238. The molecule has 9 heteroatoms. The maximum absolute atomic E-state index is 13.2. The number of carbonyl (C=O) groups excluding carboxylic acids is 2. The van der Waals surface area contributed by atoms with Crippen LogP contribution in [0.2, 0.25) is 0 Å². The Morgan fingerprint density at radius 3 is 2.70 bits per heavy atom. The van der Waals surface area contributed by atoms with Gasteiger partial charge in [-0.1, -0.05) is 19.3 Å². The molecule has 1 aliphatic carbocycles. The number of carbonyl (C=O) groups is 2. The number of sulfonamides is 1. The van der Waals surface area contributed by atoms with Crippen LogP contribution in [0.1, 0.15) is 51.9 Å². The average molecular weight is 436 g/mol. The van der Waals surface area contributed by atoms with Gasteiger partial charge in [0.15, 0.2) is 6.10 Å². The van der Waals surface area contributed by atoms with E-state index in [-0.39, 0.29) is 35.2 Å². The number of nitrogens with zero attached hydrogens (tertiary/aromatic N) is 1. The first-order chi connectivity index (χ1) is 14.3. The summed E-state index contributed by atoms with van der Waals surface area (Å²) in [4.78, 5) is 24.7. The molecule has 3 aliphatic rings. The minimum atomic E-state index is -3.78. The van der Waals surface area contributed by atoms with Crippen molar-refractivity contribution >= 4 is 27.5 Å². The molecule has 164 valence electrons. The van der Waals surface area contributed by atoms with Crippen molar-refractivity contribution in [3.8, 4) is 5.75 Å². The second kappa shape index (κ2) is 8.55. The molecule has 0 aromatic heterocycles. The van der Waals surface area contributed by atoms with E-state index in [1.165, 1.54) is 22.9 Å². The molecule has 2 N–H and O–H groups in total. The van der Waals surface area contributed by atoms with Crippen LogP contribution in [0.4, 0.5) is 5.69 Å². The van der Waals surface area contributed by atoms with Crippen molar-refractivity contribution in [1.29, 1.82) is 0 Å². The molecule has 0 unspecified atom stereocenters. The van der Waals surface area contributed by atoms with Gasteiger partial charge in [0.1, 0.15) is 5.75 Å². The summed E-state index contributed by atoms with van der Waals surface area (Å²) in [6.07, 6.45) is 6.20. The Kier molecular flexibility index (Phi) is 6.02. The van der Waals surface area contributed by atoms with Gasteiger partial charge in [-0.25, -0.2) is 8.42 Å². The number of rotatable bonds is 4. The third-order valence-electron chi connectivity index (χ3n) is 6.23. The Bertz CT molecular complexity index is 927. The summed E-state index contributed by atoms with van der Waals surface area (Å²) in [6, 6.07) is 4.70. The van der Waals surface area contributed by atoms with E-state index in [1.54, 1.807) is 13.0 Å². The summed E-state index contributed by atoms with van der Waals surface area (Å²) >= 11 is 0. The van der Waals surface area contributed by atoms with Crippen molar-refractivity contribution in [3.05, 3.63) is 18.2 Å². The van der Waals surface area contributed by atoms with E-state index in [0.717, 1.165) is 25.7 Å². The quantitative estimate of drug-likeness (QED) is 0.755. The fraction of sp³-hybridized carbons (Fsp3) is 0.619. The lowest BCUT2D eigenvalue weighted by molar-refractivity contribution is -0.127. The number of piperidine rings is 1. The number of anilines is 1. The minimum absolute atomic E-state index is 0.0399. The lowest BCUT2D eigenvalue weighted by atomic mass is 9.93. The Morgan fingerprint density at radius 1 is 1.17 bits per heavy atom. The van der Waals surface area contributed by atoms with Gasteiger partial charge in [-0.3, -0.25) is 9.59 Å². The van der Waals surface area contributed by atoms with Crippen LogP contribution < -0.4 is 15.4 Å². The Hall–Kier alpha value is -2.13. The molecule has 2 heterocycles. The summed E-state index contributed by atoms with van der Waals surface area (Å²) in [5.41, 5.74) is 0.350. The number of ether oxygens (including phenoxy) is 1. The first-order valence-corrected chi connectivity index (χ1v) is 12.2. The molecule has 1 aromatic carbocycles. The normalized spacial score (nSPS) is 25.7. The van der Waals surface area contributed by atoms with Crippen molar-refractivity contribution in [1.82, 2.24) is 9.62 Å². The molecule has 2 aliphatic heterocycles. The van der Waals surface area contributed by atoms with E-state index < -0.39 is 16.1 Å². The van der Waals surface area contributed by atoms with E-state index in [4.69, 9.17) is 4.74 Å². The number of nitrogens with one attached hydrogen (secondary N) is 2. The second-order valence-corrected chi connectivity index (χ2v) is 10.4. The summed E-state index contributed by atoms with van der Waals surface area (Å²) in [6.45, 7) is 2.19. The van der Waals surface area contributed by atoms with E-state index in [1.807, 2.05) is 0 Å². The molecule has 1 saturated heterocycles. The van der Waals surface area contributed by atoms with Gasteiger partial charge in [0, 0.05) is 19.1 Å². The summed E-state index contributed by atoms with van der Waals surface area (Å²) < 4.78 is 33.3. The van der Waals surface area contributed by atoms with E-state index in [0.29, 0.717) is 30.8 Å². The van der Waals surface area contributed by atoms with E-state index in [9.17, 15) is 18.0 Å². The monoisotopic (exact) mass is 435 g/mol. The molecular weight excluding hydrogens is 406 g/mol. The van der Waals surface area contributed by atoms with Gasteiger partial charge < -0.3 is 15.4 Å². The van der Waals surface area contributed by atoms with Crippen LogP contribution >= 0.6 is 0 Å². The molecule has 0 spiro atoms. The van der Waals surface area contributed by atoms with Crippen LogP contribution in [0.15, 0.2) is 23.1 Å². The predicted octanol–water partition coefficient (Wildman–Crippen LogP) is 2.26. The van der Waals surface area contributed by atoms with Crippen LogP contribution in [0, 0.1) is 5.92 Å². The number of hydrogen-bond acceptors (Lipinski definition) is 5. The zero-order chi connectivity index (χ0) is 21.3. The van der Waals surface area contributed by atoms with Gasteiger partial charge in [0.25, 0.3) is 5.91 Å². The molecule has 4 rings (SSSR count). The highest BCUT2D eigenvalue weighted by atomic mass is 32.2. The van der Waals surface area contributed by atoms with Crippen LogP contribution in [0.3, 0.4) is 0 Å². The predicted molar refractivity (Wildman–Crippen MR) is 112 cm³/mol. The molecule has 0 radical (unpaired) electrons. The summed E-state index contributed by atoms with van der Waals surface area (Å²) in [7, 11) is -3.78. The van der Waals surface area contributed by atoms with Crippen molar-refractivity contribution in [2.45, 2.75) is 68.9 Å². The summed E-state index contributed by atoms with van der Waals surface area (Å²) in [5, 5.41) is 5.81. The van der Waals surface area contributed by atoms with E-state index in [2.05, 4.69) is 10.6 Å². The van der Waals surface area contributed by atoms with Gasteiger partial charge in [-0.15, -0.1) is 0 Å². The Labute approximate surface area is 177 Å².